The lowest BCUT2D eigenvalue weighted by Gasteiger charge is -2.62. The van der Waals surface area contributed by atoms with Crippen molar-refractivity contribution in [2.75, 3.05) is 13.6 Å². The molecule has 0 unspecified atom stereocenters. The lowest BCUT2D eigenvalue weighted by atomic mass is 9.49. The summed E-state index contributed by atoms with van der Waals surface area (Å²) >= 11 is 3.50. The van der Waals surface area contributed by atoms with Gasteiger partial charge in [-0.15, -0.1) is 0 Å². The standard InChI is InChI=1S/C26H23BrN2O3/c1-29-9-8-25-21-15-4-7-19(30)23(21)32-24(25)22-16(12-26(25,31)20(29)11-15)10-17(13-28-22)14-2-5-18(27)6-3-14/h2-7,10,13,20,24,30-31H,8-9,11-12H2,1H3/t20-,24+,25+,26-/m1/s1. The van der Waals surface area contributed by atoms with Gasteiger partial charge in [-0.05, 0) is 67.4 Å². The Morgan fingerprint density at radius 3 is 2.75 bits per heavy atom. The third kappa shape index (κ3) is 2.13. The molecule has 4 atom stereocenters. The van der Waals surface area contributed by atoms with Crippen molar-refractivity contribution in [1.29, 1.82) is 0 Å². The molecular formula is C26H23BrN2O3. The van der Waals surface area contributed by atoms with Crippen LogP contribution in [0.2, 0.25) is 0 Å². The number of aromatic hydroxyl groups is 1. The Hall–Kier alpha value is -2.41. The zero-order valence-electron chi connectivity index (χ0n) is 17.7. The Labute approximate surface area is 194 Å². The fourth-order valence-electron chi connectivity index (χ4n) is 6.91. The predicted molar refractivity (Wildman–Crippen MR) is 124 cm³/mol. The summed E-state index contributed by atoms with van der Waals surface area (Å²) in [4.78, 5) is 7.21. The number of aliphatic hydroxyl groups is 1. The second kappa shape index (κ2) is 6.13. The molecule has 1 aromatic heterocycles. The minimum atomic E-state index is -0.982. The van der Waals surface area contributed by atoms with E-state index in [0.29, 0.717) is 12.2 Å². The summed E-state index contributed by atoms with van der Waals surface area (Å²) in [7, 11) is 2.11. The SMILES string of the molecule is CN1CC[C@]23c4c5ccc(O)c4O[C@H]2c2ncc(-c4ccc(Br)cc4)cc2C[C@@]3(O)[C@H]1C5. The number of hydrogen-bond donors (Lipinski definition) is 2. The van der Waals surface area contributed by atoms with Crippen molar-refractivity contribution in [3.05, 3.63) is 75.5 Å². The first kappa shape index (κ1) is 19.1. The maximum absolute atomic E-state index is 12.5. The van der Waals surface area contributed by atoms with E-state index in [9.17, 15) is 10.2 Å². The van der Waals surface area contributed by atoms with Crippen molar-refractivity contribution < 1.29 is 14.9 Å². The second-order valence-corrected chi connectivity index (χ2v) is 10.7. The van der Waals surface area contributed by atoms with Crippen molar-refractivity contribution in [1.82, 2.24) is 9.88 Å². The molecule has 2 aliphatic carbocycles. The largest absolute Gasteiger partial charge is 0.504 e. The summed E-state index contributed by atoms with van der Waals surface area (Å²) in [5, 5.41) is 23.1. The zero-order valence-corrected chi connectivity index (χ0v) is 19.3. The van der Waals surface area contributed by atoms with Gasteiger partial charge in [0.2, 0.25) is 0 Å². The van der Waals surface area contributed by atoms with E-state index < -0.39 is 17.1 Å². The number of benzene rings is 2. The average Bonchev–Trinajstić information content (AvgIpc) is 3.14. The average molecular weight is 491 g/mol. The minimum Gasteiger partial charge on any atom is -0.504 e. The first-order valence-electron chi connectivity index (χ1n) is 11.1. The van der Waals surface area contributed by atoms with Crippen LogP contribution in [-0.4, -0.2) is 45.3 Å². The number of fused-ring (bicyclic) bond motifs is 2. The van der Waals surface area contributed by atoms with E-state index in [2.05, 4.69) is 46.1 Å². The first-order valence-corrected chi connectivity index (χ1v) is 11.9. The Balaban J connectivity index is 1.46. The van der Waals surface area contributed by atoms with Crippen LogP contribution < -0.4 is 4.74 Å². The van der Waals surface area contributed by atoms with Gasteiger partial charge in [0, 0.05) is 34.3 Å². The van der Waals surface area contributed by atoms with E-state index in [4.69, 9.17) is 9.72 Å². The lowest BCUT2D eigenvalue weighted by Crippen LogP contribution is -2.74. The molecule has 2 aromatic carbocycles. The highest BCUT2D eigenvalue weighted by Gasteiger charge is 2.72. The molecule has 1 spiro atoms. The van der Waals surface area contributed by atoms with Crippen molar-refractivity contribution >= 4 is 15.9 Å². The van der Waals surface area contributed by atoms with Crippen molar-refractivity contribution in [2.24, 2.45) is 0 Å². The molecule has 0 radical (unpaired) electrons. The number of likely N-dealkylation sites (N-methyl/N-ethyl adjacent to an activating group) is 1. The first-order chi connectivity index (χ1) is 15.4. The highest BCUT2D eigenvalue weighted by Crippen LogP contribution is 2.68. The molecule has 4 aliphatic rings. The number of phenols is 1. The topological polar surface area (TPSA) is 65.8 Å². The van der Waals surface area contributed by atoms with E-state index in [1.807, 2.05) is 24.4 Å². The number of likely N-dealkylation sites (tertiary alicyclic amines) is 1. The maximum atomic E-state index is 12.5. The summed E-state index contributed by atoms with van der Waals surface area (Å²) in [5.74, 6) is 0.695. The fraction of sp³-hybridized carbons (Fsp3) is 0.346. The van der Waals surface area contributed by atoms with Crippen molar-refractivity contribution in [3.8, 4) is 22.6 Å². The van der Waals surface area contributed by atoms with E-state index in [1.165, 1.54) is 5.56 Å². The zero-order chi connectivity index (χ0) is 21.8. The summed E-state index contributed by atoms with van der Waals surface area (Å²) in [5.41, 5.74) is 4.67. The molecule has 32 heavy (non-hydrogen) atoms. The lowest BCUT2D eigenvalue weighted by molar-refractivity contribution is -0.168. The number of aromatic nitrogens is 1. The molecule has 3 heterocycles. The number of halogens is 1. The van der Waals surface area contributed by atoms with Gasteiger partial charge in [-0.1, -0.05) is 34.1 Å². The second-order valence-electron chi connectivity index (χ2n) is 9.74. The van der Waals surface area contributed by atoms with Crippen LogP contribution in [-0.2, 0) is 18.3 Å². The smallest absolute Gasteiger partial charge is 0.166 e. The van der Waals surface area contributed by atoms with Gasteiger partial charge in [0.25, 0.3) is 0 Å². The summed E-state index contributed by atoms with van der Waals surface area (Å²) in [6.07, 6.45) is 3.57. The molecule has 1 saturated heterocycles. The number of hydrogen-bond acceptors (Lipinski definition) is 5. The summed E-state index contributed by atoms with van der Waals surface area (Å²) in [6.45, 7) is 0.883. The molecule has 3 aromatic rings. The number of ether oxygens (including phenoxy) is 1. The monoisotopic (exact) mass is 490 g/mol. The van der Waals surface area contributed by atoms with Crippen LogP contribution >= 0.6 is 15.9 Å². The van der Waals surface area contributed by atoms with Crippen LogP contribution in [0.25, 0.3) is 11.1 Å². The number of piperidine rings is 1. The highest BCUT2D eigenvalue weighted by atomic mass is 79.9. The summed E-state index contributed by atoms with van der Waals surface area (Å²) in [6, 6.07) is 14.1. The fourth-order valence-corrected chi connectivity index (χ4v) is 7.18. The van der Waals surface area contributed by atoms with Gasteiger partial charge in [-0.3, -0.25) is 4.98 Å². The number of nitrogens with zero attached hydrogens (tertiary/aromatic N) is 2. The minimum absolute atomic E-state index is 0.00479. The van der Waals surface area contributed by atoms with Gasteiger partial charge >= 0.3 is 0 Å². The molecule has 1 fully saturated rings. The van der Waals surface area contributed by atoms with E-state index >= 15 is 0 Å². The third-order valence-corrected chi connectivity index (χ3v) is 8.90. The van der Waals surface area contributed by atoms with Gasteiger partial charge in [0.05, 0.1) is 16.7 Å². The molecule has 0 amide bonds. The molecule has 2 aliphatic heterocycles. The molecule has 7 rings (SSSR count). The van der Waals surface area contributed by atoms with E-state index in [1.54, 1.807) is 6.07 Å². The number of rotatable bonds is 1. The van der Waals surface area contributed by atoms with Crippen LogP contribution in [0, 0.1) is 0 Å². The van der Waals surface area contributed by atoms with Crippen LogP contribution in [0.4, 0.5) is 0 Å². The Morgan fingerprint density at radius 1 is 1.12 bits per heavy atom. The van der Waals surface area contributed by atoms with Gasteiger partial charge in [0.15, 0.2) is 17.6 Å². The predicted octanol–water partition coefficient (Wildman–Crippen LogP) is 4.14. The molecular weight excluding hydrogens is 468 g/mol. The molecule has 6 heteroatoms. The van der Waals surface area contributed by atoms with E-state index in [0.717, 1.165) is 51.8 Å². The van der Waals surface area contributed by atoms with Crippen LogP contribution in [0.15, 0.2) is 53.1 Å². The van der Waals surface area contributed by atoms with Crippen molar-refractivity contribution in [2.45, 2.75) is 42.4 Å². The molecule has 2 bridgehead atoms. The highest BCUT2D eigenvalue weighted by molar-refractivity contribution is 9.10. The quantitative estimate of drug-likeness (QED) is 0.536. The normalized spacial score (nSPS) is 31.6. The number of phenolic OH excluding ortho intramolecular Hbond substituents is 1. The van der Waals surface area contributed by atoms with E-state index in [-0.39, 0.29) is 11.8 Å². The maximum Gasteiger partial charge on any atom is 0.166 e. The molecule has 0 saturated carbocycles. The Morgan fingerprint density at radius 2 is 1.94 bits per heavy atom. The van der Waals surface area contributed by atoms with Gasteiger partial charge in [-0.2, -0.15) is 0 Å². The van der Waals surface area contributed by atoms with Crippen molar-refractivity contribution in [3.63, 3.8) is 0 Å². The third-order valence-electron chi connectivity index (χ3n) is 8.37. The van der Waals surface area contributed by atoms with Crippen LogP contribution in [0.5, 0.6) is 11.5 Å². The van der Waals surface area contributed by atoms with Gasteiger partial charge in [0.1, 0.15) is 0 Å². The van der Waals surface area contributed by atoms with Gasteiger partial charge in [-0.25, -0.2) is 0 Å². The molecule has 5 nitrogen and oxygen atoms in total. The molecule has 162 valence electrons. The Bertz CT molecular complexity index is 1290. The van der Waals surface area contributed by atoms with Gasteiger partial charge < -0.3 is 19.8 Å². The molecule has 2 N–H and O–H groups in total. The number of pyridine rings is 1. The Kier molecular flexibility index (Phi) is 3.66. The van der Waals surface area contributed by atoms with Crippen LogP contribution in [0.1, 0.15) is 34.9 Å². The van der Waals surface area contributed by atoms with Crippen LogP contribution in [0.3, 0.4) is 0 Å². The summed E-state index contributed by atoms with van der Waals surface area (Å²) < 4.78 is 7.54.